The first kappa shape index (κ1) is 14.4. The molecule has 2 aromatic carbocycles. The number of methoxy groups -OCH3 is 1. The van der Waals surface area contributed by atoms with Gasteiger partial charge < -0.3 is 15.8 Å². The number of ether oxygens (including phenoxy) is 1. The van der Waals surface area contributed by atoms with Crippen molar-refractivity contribution in [2.75, 3.05) is 18.2 Å². The smallest absolute Gasteiger partial charge is 0.259 e. The van der Waals surface area contributed by atoms with E-state index < -0.39 is 0 Å². The van der Waals surface area contributed by atoms with Gasteiger partial charge >= 0.3 is 0 Å². The number of aryl methyl sites for hydroxylation is 1. The number of carbonyl (C=O) groups is 1. The molecule has 0 unspecified atom stereocenters. The van der Waals surface area contributed by atoms with Crippen LogP contribution in [0.2, 0.25) is 0 Å². The molecule has 5 heteroatoms. The van der Waals surface area contributed by atoms with Gasteiger partial charge in [0.05, 0.1) is 12.7 Å². The summed E-state index contributed by atoms with van der Waals surface area (Å²) in [6.45, 7) is 1.93. The number of nitrogens with two attached hydrogens (primary N) is 1. The van der Waals surface area contributed by atoms with Gasteiger partial charge in [0, 0.05) is 15.8 Å². The Bertz CT molecular complexity index is 656. The summed E-state index contributed by atoms with van der Waals surface area (Å²) in [4.78, 5) is 12.3. The lowest BCUT2D eigenvalue weighted by Crippen LogP contribution is -2.14. The van der Waals surface area contributed by atoms with Crippen LogP contribution in [0.5, 0.6) is 5.75 Å². The minimum Gasteiger partial charge on any atom is -0.496 e. The molecule has 0 saturated carbocycles. The SMILES string of the molecule is COc1ccc(N)cc1C(=O)Nc1ccc(Br)cc1C. The van der Waals surface area contributed by atoms with Crippen molar-refractivity contribution < 1.29 is 9.53 Å². The molecule has 0 atom stereocenters. The Morgan fingerprint density at radius 3 is 2.65 bits per heavy atom. The predicted molar refractivity (Wildman–Crippen MR) is 84.2 cm³/mol. The Kier molecular flexibility index (Phi) is 4.29. The molecule has 4 nitrogen and oxygen atoms in total. The van der Waals surface area contributed by atoms with Crippen LogP contribution in [0.15, 0.2) is 40.9 Å². The first-order chi connectivity index (χ1) is 9.51. The fourth-order valence-corrected chi connectivity index (χ4v) is 2.34. The number of benzene rings is 2. The number of hydrogen-bond donors (Lipinski definition) is 2. The fourth-order valence-electron chi connectivity index (χ4n) is 1.86. The molecule has 0 radical (unpaired) electrons. The summed E-state index contributed by atoms with van der Waals surface area (Å²) in [7, 11) is 1.52. The quantitative estimate of drug-likeness (QED) is 0.843. The minimum absolute atomic E-state index is 0.250. The third kappa shape index (κ3) is 3.11. The van der Waals surface area contributed by atoms with Crippen molar-refractivity contribution in [3.8, 4) is 5.75 Å². The summed E-state index contributed by atoms with van der Waals surface area (Å²) < 4.78 is 6.15. The van der Waals surface area contributed by atoms with Crippen LogP contribution < -0.4 is 15.8 Å². The molecule has 0 aliphatic heterocycles. The van der Waals surface area contributed by atoms with E-state index >= 15 is 0 Å². The number of anilines is 2. The average Bonchev–Trinajstić information content (AvgIpc) is 2.41. The second-order valence-electron chi connectivity index (χ2n) is 4.37. The Morgan fingerprint density at radius 1 is 1.25 bits per heavy atom. The van der Waals surface area contributed by atoms with E-state index in [1.54, 1.807) is 18.2 Å². The minimum atomic E-state index is -0.250. The lowest BCUT2D eigenvalue weighted by Gasteiger charge is -2.12. The summed E-state index contributed by atoms with van der Waals surface area (Å²) in [5.41, 5.74) is 8.37. The summed E-state index contributed by atoms with van der Waals surface area (Å²) in [5.74, 6) is 0.242. The van der Waals surface area contributed by atoms with Crippen LogP contribution in [0, 0.1) is 6.92 Å². The van der Waals surface area contributed by atoms with Gasteiger partial charge in [0.15, 0.2) is 0 Å². The Hall–Kier alpha value is -2.01. The monoisotopic (exact) mass is 334 g/mol. The molecular weight excluding hydrogens is 320 g/mol. The number of rotatable bonds is 3. The maximum Gasteiger partial charge on any atom is 0.259 e. The van der Waals surface area contributed by atoms with Gasteiger partial charge in [-0.2, -0.15) is 0 Å². The molecule has 0 spiro atoms. The van der Waals surface area contributed by atoms with Crippen LogP contribution in [0.1, 0.15) is 15.9 Å². The summed E-state index contributed by atoms with van der Waals surface area (Å²) in [6.07, 6.45) is 0. The number of hydrogen-bond acceptors (Lipinski definition) is 3. The Labute approximate surface area is 126 Å². The van der Waals surface area contributed by atoms with Crippen molar-refractivity contribution in [3.05, 3.63) is 52.0 Å². The molecule has 0 heterocycles. The molecule has 0 saturated heterocycles. The van der Waals surface area contributed by atoms with E-state index in [1.165, 1.54) is 7.11 Å². The average molecular weight is 335 g/mol. The van der Waals surface area contributed by atoms with E-state index in [-0.39, 0.29) is 5.91 Å². The van der Waals surface area contributed by atoms with Crippen molar-refractivity contribution in [1.29, 1.82) is 0 Å². The first-order valence-corrected chi connectivity index (χ1v) is 6.81. The van der Waals surface area contributed by atoms with E-state index in [4.69, 9.17) is 10.5 Å². The molecule has 2 aromatic rings. The number of halogens is 1. The number of carbonyl (C=O) groups excluding carboxylic acids is 1. The lowest BCUT2D eigenvalue weighted by atomic mass is 10.1. The third-order valence-electron chi connectivity index (χ3n) is 2.90. The number of nitrogen functional groups attached to an aromatic ring is 1. The van der Waals surface area contributed by atoms with Gasteiger partial charge in [-0.3, -0.25) is 4.79 Å². The van der Waals surface area contributed by atoms with E-state index in [0.29, 0.717) is 17.0 Å². The van der Waals surface area contributed by atoms with E-state index in [0.717, 1.165) is 15.7 Å². The van der Waals surface area contributed by atoms with Gasteiger partial charge in [-0.15, -0.1) is 0 Å². The molecule has 0 aliphatic carbocycles. The second kappa shape index (κ2) is 5.96. The van der Waals surface area contributed by atoms with Gasteiger partial charge in [-0.25, -0.2) is 0 Å². The van der Waals surface area contributed by atoms with Gasteiger partial charge in [-0.05, 0) is 48.9 Å². The highest BCUT2D eigenvalue weighted by molar-refractivity contribution is 9.10. The summed E-state index contributed by atoms with van der Waals surface area (Å²) >= 11 is 3.39. The number of amides is 1. The van der Waals surface area contributed by atoms with Crippen molar-refractivity contribution in [3.63, 3.8) is 0 Å². The summed E-state index contributed by atoms with van der Waals surface area (Å²) in [5, 5.41) is 2.86. The van der Waals surface area contributed by atoms with E-state index in [2.05, 4.69) is 21.2 Å². The van der Waals surface area contributed by atoms with Gasteiger partial charge in [0.1, 0.15) is 5.75 Å². The van der Waals surface area contributed by atoms with Crippen molar-refractivity contribution in [2.24, 2.45) is 0 Å². The maximum absolute atomic E-state index is 12.3. The van der Waals surface area contributed by atoms with Crippen LogP contribution in [0.25, 0.3) is 0 Å². The van der Waals surface area contributed by atoms with Crippen molar-refractivity contribution >= 4 is 33.2 Å². The lowest BCUT2D eigenvalue weighted by molar-refractivity contribution is 0.102. The topological polar surface area (TPSA) is 64.3 Å². The standard InChI is InChI=1S/C15H15BrN2O2/c1-9-7-10(16)3-5-13(9)18-15(19)12-8-11(17)4-6-14(12)20-2/h3-8H,17H2,1-2H3,(H,18,19). The fraction of sp³-hybridized carbons (Fsp3) is 0.133. The Morgan fingerprint density at radius 2 is 2.00 bits per heavy atom. The maximum atomic E-state index is 12.3. The molecule has 2 rings (SSSR count). The molecule has 0 bridgehead atoms. The molecular formula is C15H15BrN2O2. The van der Waals surface area contributed by atoms with E-state index in [9.17, 15) is 4.79 Å². The normalized spacial score (nSPS) is 10.2. The molecule has 0 fully saturated rings. The van der Waals surface area contributed by atoms with E-state index in [1.807, 2.05) is 25.1 Å². The van der Waals surface area contributed by atoms with Crippen LogP contribution in [0.4, 0.5) is 11.4 Å². The zero-order valence-electron chi connectivity index (χ0n) is 11.2. The zero-order valence-corrected chi connectivity index (χ0v) is 12.8. The largest absolute Gasteiger partial charge is 0.496 e. The highest BCUT2D eigenvalue weighted by Gasteiger charge is 2.13. The predicted octanol–water partition coefficient (Wildman–Crippen LogP) is 3.60. The Balaban J connectivity index is 2.30. The molecule has 0 aliphatic rings. The summed E-state index contributed by atoms with van der Waals surface area (Å²) in [6, 6.07) is 10.6. The first-order valence-electron chi connectivity index (χ1n) is 6.02. The van der Waals surface area contributed by atoms with Crippen LogP contribution in [-0.4, -0.2) is 13.0 Å². The van der Waals surface area contributed by atoms with Crippen LogP contribution in [-0.2, 0) is 0 Å². The van der Waals surface area contributed by atoms with Crippen molar-refractivity contribution in [1.82, 2.24) is 0 Å². The number of nitrogens with one attached hydrogen (secondary N) is 1. The van der Waals surface area contributed by atoms with Gasteiger partial charge in [0.2, 0.25) is 0 Å². The highest BCUT2D eigenvalue weighted by Crippen LogP contribution is 2.24. The molecule has 104 valence electrons. The second-order valence-corrected chi connectivity index (χ2v) is 5.29. The molecule has 3 N–H and O–H groups in total. The zero-order chi connectivity index (χ0) is 14.7. The van der Waals surface area contributed by atoms with Gasteiger partial charge in [0.25, 0.3) is 5.91 Å². The third-order valence-corrected chi connectivity index (χ3v) is 3.40. The highest BCUT2D eigenvalue weighted by atomic mass is 79.9. The van der Waals surface area contributed by atoms with Crippen molar-refractivity contribution in [2.45, 2.75) is 6.92 Å². The molecule has 1 amide bonds. The molecule has 0 aromatic heterocycles. The molecule has 20 heavy (non-hydrogen) atoms. The van der Waals surface area contributed by atoms with Crippen LogP contribution >= 0.6 is 15.9 Å². The van der Waals surface area contributed by atoms with Crippen LogP contribution in [0.3, 0.4) is 0 Å². The van der Waals surface area contributed by atoms with Gasteiger partial charge in [-0.1, -0.05) is 15.9 Å².